The lowest BCUT2D eigenvalue weighted by Gasteiger charge is -2.26. The van der Waals surface area contributed by atoms with E-state index in [4.69, 9.17) is 0 Å². The Bertz CT molecular complexity index is 325. The molecule has 1 aliphatic rings. The summed E-state index contributed by atoms with van der Waals surface area (Å²) < 4.78 is 0. The predicted octanol–water partition coefficient (Wildman–Crippen LogP) is 1.66. The van der Waals surface area contributed by atoms with Gasteiger partial charge in [-0.15, -0.1) is 11.3 Å². The van der Waals surface area contributed by atoms with E-state index in [1.165, 1.54) is 11.3 Å². The first-order valence-corrected chi connectivity index (χ1v) is 6.80. The lowest BCUT2D eigenvalue weighted by Crippen LogP contribution is -2.37. The van der Waals surface area contributed by atoms with E-state index in [0.717, 1.165) is 30.2 Å². The minimum atomic E-state index is -0.238. The molecule has 0 saturated carbocycles. The Morgan fingerprint density at radius 2 is 2.38 bits per heavy atom. The van der Waals surface area contributed by atoms with Gasteiger partial charge in [0.2, 0.25) is 0 Å². The highest BCUT2D eigenvalue weighted by molar-refractivity contribution is 7.11. The number of nitrogens with zero attached hydrogens (tertiary/aromatic N) is 1. The number of rotatable bonds is 3. The molecule has 2 heterocycles. The van der Waals surface area contributed by atoms with Crippen molar-refractivity contribution in [3.8, 4) is 0 Å². The van der Waals surface area contributed by atoms with E-state index < -0.39 is 0 Å². The fraction of sp³-hybridized carbons (Fsp3) is 0.750. The number of aromatic nitrogens is 1. The summed E-state index contributed by atoms with van der Waals surface area (Å²) >= 11 is 1.72. The smallest absolute Gasteiger partial charge is 0.0956 e. The molecule has 1 saturated heterocycles. The first-order valence-electron chi connectivity index (χ1n) is 5.98. The highest BCUT2D eigenvalue weighted by Gasteiger charge is 2.22. The number of aliphatic hydroxyl groups is 1. The van der Waals surface area contributed by atoms with Gasteiger partial charge in [0.25, 0.3) is 0 Å². The Balaban J connectivity index is 1.93. The first kappa shape index (κ1) is 12.0. The molecule has 2 rings (SSSR count). The third-order valence-electron chi connectivity index (χ3n) is 3.34. The van der Waals surface area contributed by atoms with Crippen LogP contribution in [0, 0.1) is 19.8 Å². The van der Waals surface area contributed by atoms with Crippen molar-refractivity contribution in [2.24, 2.45) is 5.92 Å². The summed E-state index contributed by atoms with van der Waals surface area (Å²) in [5.41, 5.74) is 1.11. The molecule has 0 bridgehead atoms. The van der Waals surface area contributed by atoms with E-state index in [1.807, 2.05) is 6.92 Å². The van der Waals surface area contributed by atoms with Crippen LogP contribution in [0.25, 0.3) is 0 Å². The molecular formula is C12H20N2OS. The summed E-state index contributed by atoms with van der Waals surface area (Å²) in [7, 11) is 0. The van der Waals surface area contributed by atoms with Gasteiger partial charge in [0.05, 0.1) is 16.8 Å². The van der Waals surface area contributed by atoms with Crippen molar-refractivity contribution in [3.05, 3.63) is 15.6 Å². The third kappa shape index (κ3) is 2.81. The summed E-state index contributed by atoms with van der Waals surface area (Å²) in [4.78, 5) is 5.75. The molecule has 90 valence electrons. The van der Waals surface area contributed by atoms with E-state index in [0.29, 0.717) is 12.3 Å². The molecule has 0 radical (unpaired) electrons. The van der Waals surface area contributed by atoms with Crippen LogP contribution in [0.3, 0.4) is 0 Å². The molecule has 2 unspecified atom stereocenters. The van der Waals surface area contributed by atoms with Crippen molar-refractivity contribution in [2.45, 2.75) is 39.2 Å². The fourth-order valence-corrected chi connectivity index (χ4v) is 3.16. The Labute approximate surface area is 101 Å². The van der Waals surface area contributed by atoms with Gasteiger partial charge in [0.15, 0.2) is 0 Å². The minimum absolute atomic E-state index is 0.238. The van der Waals surface area contributed by atoms with Crippen LogP contribution in [-0.2, 0) is 6.42 Å². The Morgan fingerprint density at radius 1 is 1.56 bits per heavy atom. The number of piperidine rings is 1. The third-order valence-corrected chi connectivity index (χ3v) is 4.43. The second-order valence-electron chi connectivity index (χ2n) is 4.63. The normalized spacial score (nSPS) is 23.3. The van der Waals surface area contributed by atoms with Gasteiger partial charge in [-0.3, -0.25) is 0 Å². The van der Waals surface area contributed by atoms with Crippen molar-refractivity contribution in [2.75, 3.05) is 13.1 Å². The highest BCUT2D eigenvalue weighted by Crippen LogP contribution is 2.22. The number of aryl methyl sites for hydroxylation is 2. The molecule has 1 aromatic rings. The Morgan fingerprint density at radius 3 is 2.94 bits per heavy atom. The largest absolute Gasteiger partial charge is 0.392 e. The minimum Gasteiger partial charge on any atom is -0.392 e. The van der Waals surface area contributed by atoms with Crippen LogP contribution in [-0.4, -0.2) is 29.3 Å². The highest BCUT2D eigenvalue weighted by atomic mass is 32.1. The molecule has 4 heteroatoms. The molecule has 16 heavy (non-hydrogen) atoms. The number of nitrogens with one attached hydrogen (secondary N) is 1. The summed E-state index contributed by atoms with van der Waals surface area (Å²) in [6.07, 6.45) is 2.79. The van der Waals surface area contributed by atoms with Crippen molar-refractivity contribution in [1.82, 2.24) is 10.3 Å². The maximum atomic E-state index is 10.2. The predicted molar refractivity (Wildman–Crippen MR) is 66.9 cm³/mol. The monoisotopic (exact) mass is 240 g/mol. The molecule has 0 amide bonds. The van der Waals surface area contributed by atoms with Crippen LogP contribution >= 0.6 is 11.3 Å². The molecule has 0 aliphatic carbocycles. The Hall–Kier alpha value is -0.450. The first-order chi connectivity index (χ1) is 7.66. The zero-order chi connectivity index (χ0) is 11.5. The molecule has 0 spiro atoms. The van der Waals surface area contributed by atoms with Crippen LogP contribution < -0.4 is 5.32 Å². The van der Waals surface area contributed by atoms with E-state index in [-0.39, 0.29) is 6.10 Å². The van der Waals surface area contributed by atoms with E-state index in [9.17, 15) is 5.11 Å². The second kappa shape index (κ2) is 5.25. The van der Waals surface area contributed by atoms with Crippen molar-refractivity contribution < 1.29 is 5.11 Å². The fourth-order valence-electron chi connectivity index (χ4n) is 2.18. The SMILES string of the molecule is Cc1nc(CC(O)C2CCCNC2)sc1C. The zero-order valence-electron chi connectivity index (χ0n) is 9.99. The molecule has 0 aromatic carbocycles. The lowest BCUT2D eigenvalue weighted by atomic mass is 9.92. The molecule has 2 N–H and O–H groups in total. The quantitative estimate of drug-likeness (QED) is 0.844. The topological polar surface area (TPSA) is 45.2 Å². The van der Waals surface area contributed by atoms with Crippen molar-refractivity contribution in [1.29, 1.82) is 0 Å². The summed E-state index contributed by atoms with van der Waals surface area (Å²) in [6.45, 7) is 6.16. The van der Waals surface area contributed by atoms with E-state index in [2.05, 4.69) is 17.2 Å². The molecular weight excluding hydrogens is 220 g/mol. The van der Waals surface area contributed by atoms with Crippen molar-refractivity contribution >= 4 is 11.3 Å². The molecule has 3 nitrogen and oxygen atoms in total. The molecule has 1 aromatic heterocycles. The maximum Gasteiger partial charge on any atom is 0.0956 e. The van der Waals surface area contributed by atoms with Crippen LogP contribution in [0.2, 0.25) is 0 Å². The van der Waals surface area contributed by atoms with Gasteiger partial charge >= 0.3 is 0 Å². The summed E-state index contributed by atoms with van der Waals surface area (Å²) in [6, 6.07) is 0. The van der Waals surface area contributed by atoms with E-state index >= 15 is 0 Å². The molecule has 2 atom stereocenters. The van der Waals surface area contributed by atoms with Gasteiger partial charge in [0, 0.05) is 17.8 Å². The van der Waals surface area contributed by atoms with Crippen LogP contribution in [0.5, 0.6) is 0 Å². The molecule has 1 fully saturated rings. The average Bonchev–Trinajstić information content (AvgIpc) is 2.59. The van der Waals surface area contributed by atoms with Gasteiger partial charge in [-0.05, 0) is 39.2 Å². The number of hydrogen-bond acceptors (Lipinski definition) is 4. The van der Waals surface area contributed by atoms with Gasteiger partial charge in [-0.1, -0.05) is 0 Å². The standard InChI is InChI=1S/C12H20N2OS/c1-8-9(2)16-12(14-8)6-11(15)10-4-3-5-13-7-10/h10-11,13,15H,3-7H2,1-2H3. The molecule has 1 aliphatic heterocycles. The van der Waals surface area contributed by atoms with Gasteiger partial charge in [-0.2, -0.15) is 0 Å². The van der Waals surface area contributed by atoms with Gasteiger partial charge in [0.1, 0.15) is 0 Å². The van der Waals surface area contributed by atoms with Crippen LogP contribution in [0.4, 0.5) is 0 Å². The second-order valence-corrected chi connectivity index (χ2v) is 5.91. The summed E-state index contributed by atoms with van der Waals surface area (Å²) in [5, 5.41) is 14.6. The van der Waals surface area contributed by atoms with Gasteiger partial charge in [-0.25, -0.2) is 4.98 Å². The van der Waals surface area contributed by atoms with Crippen molar-refractivity contribution in [3.63, 3.8) is 0 Å². The number of aliphatic hydroxyl groups excluding tert-OH is 1. The van der Waals surface area contributed by atoms with Gasteiger partial charge < -0.3 is 10.4 Å². The number of thiazole rings is 1. The Kier molecular flexibility index (Phi) is 3.95. The maximum absolute atomic E-state index is 10.2. The summed E-state index contributed by atoms with van der Waals surface area (Å²) in [5.74, 6) is 0.401. The average molecular weight is 240 g/mol. The zero-order valence-corrected chi connectivity index (χ0v) is 10.8. The van der Waals surface area contributed by atoms with E-state index in [1.54, 1.807) is 11.3 Å². The lowest BCUT2D eigenvalue weighted by molar-refractivity contribution is 0.0921. The number of hydrogen-bond donors (Lipinski definition) is 2. The van der Waals surface area contributed by atoms with Crippen LogP contribution in [0.1, 0.15) is 28.4 Å². The van der Waals surface area contributed by atoms with Crippen LogP contribution in [0.15, 0.2) is 0 Å².